The van der Waals surface area contributed by atoms with Crippen LogP contribution in [0.1, 0.15) is 57.4 Å². The van der Waals surface area contributed by atoms with E-state index in [1.807, 2.05) is 24.3 Å². The summed E-state index contributed by atoms with van der Waals surface area (Å²) >= 11 is 0. The number of aliphatic hydroxyl groups is 1. The SMILES string of the molecule is CC(C)c1ccc(NC(=O)CC2(O)CCCC2)cc1. The Labute approximate surface area is 115 Å². The first-order chi connectivity index (χ1) is 8.98. The maximum absolute atomic E-state index is 11.9. The molecule has 2 N–H and O–H groups in total. The minimum Gasteiger partial charge on any atom is -0.389 e. The summed E-state index contributed by atoms with van der Waals surface area (Å²) in [4.78, 5) is 11.9. The third kappa shape index (κ3) is 3.80. The van der Waals surface area contributed by atoms with Gasteiger partial charge >= 0.3 is 0 Å². The first-order valence-electron chi connectivity index (χ1n) is 7.11. The Morgan fingerprint density at radius 1 is 1.26 bits per heavy atom. The number of benzene rings is 1. The highest BCUT2D eigenvalue weighted by Crippen LogP contribution is 2.32. The zero-order chi connectivity index (χ0) is 13.9. The molecule has 0 aromatic heterocycles. The number of hydrogen-bond acceptors (Lipinski definition) is 2. The van der Waals surface area contributed by atoms with E-state index in [2.05, 4.69) is 19.2 Å². The van der Waals surface area contributed by atoms with Crippen LogP contribution in [0.3, 0.4) is 0 Å². The Morgan fingerprint density at radius 2 is 1.84 bits per heavy atom. The zero-order valence-corrected chi connectivity index (χ0v) is 11.8. The molecule has 0 aliphatic heterocycles. The van der Waals surface area contributed by atoms with Gasteiger partial charge in [-0.25, -0.2) is 0 Å². The Balaban J connectivity index is 1.91. The van der Waals surface area contributed by atoms with E-state index >= 15 is 0 Å². The van der Waals surface area contributed by atoms with E-state index in [-0.39, 0.29) is 12.3 Å². The minimum atomic E-state index is -0.776. The largest absolute Gasteiger partial charge is 0.389 e. The van der Waals surface area contributed by atoms with Gasteiger partial charge < -0.3 is 10.4 Å². The van der Waals surface area contributed by atoms with E-state index in [1.54, 1.807) is 0 Å². The maximum atomic E-state index is 11.9. The molecule has 1 aromatic rings. The fourth-order valence-electron chi connectivity index (χ4n) is 2.67. The van der Waals surface area contributed by atoms with Crippen molar-refractivity contribution in [3.63, 3.8) is 0 Å². The molecular weight excluding hydrogens is 238 g/mol. The molecular formula is C16H23NO2. The molecule has 0 unspecified atom stereocenters. The fourth-order valence-corrected chi connectivity index (χ4v) is 2.67. The molecule has 1 fully saturated rings. The third-order valence-electron chi connectivity index (χ3n) is 3.88. The Kier molecular flexibility index (Phi) is 4.25. The second-order valence-corrected chi connectivity index (χ2v) is 5.93. The van der Waals surface area contributed by atoms with Gasteiger partial charge in [0.05, 0.1) is 12.0 Å². The predicted molar refractivity (Wildman–Crippen MR) is 77.2 cm³/mol. The van der Waals surface area contributed by atoms with Gasteiger partial charge in [0, 0.05) is 5.69 Å². The van der Waals surface area contributed by atoms with Gasteiger partial charge in [-0.3, -0.25) is 4.79 Å². The van der Waals surface area contributed by atoms with E-state index < -0.39 is 5.60 Å². The Bertz CT molecular complexity index is 431. The molecule has 0 heterocycles. The van der Waals surface area contributed by atoms with E-state index in [4.69, 9.17) is 0 Å². The molecule has 1 aliphatic carbocycles. The second-order valence-electron chi connectivity index (χ2n) is 5.93. The summed E-state index contributed by atoms with van der Waals surface area (Å²) in [5.74, 6) is 0.394. The number of anilines is 1. The predicted octanol–water partition coefficient (Wildman–Crippen LogP) is 3.44. The van der Waals surface area contributed by atoms with Gasteiger partial charge in [-0.1, -0.05) is 38.8 Å². The molecule has 3 heteroatoms. The summed E-state index contributed by atoms with van der Waals surface area (Å²) in [5.41, 5.74) is 1.28. The lowest BCUT2D eigenvalue weighted by atomic mass is 9.97. The van der Waals surface area contributed by atoms with Gasteiger partial charge in [0.25, 0.3) is 0 Å². The van der Waals surface area contributed by atoms with Crippen LogP contribution in [0.25, 0.3) is 0 Å². The number of nitrogens with one attached hydrogen (secondary N) is 1. The highest BCUT2D eigenvalue weighted by atomic mass is 16.3. The average molecular weight is 261 g/mol. The summed E-state index contributed by atoms with van der Waals surface area (Å²) in [6.45, 7) is 4.28. The van der Waals surface area contributed by atoms with Crippen LogP contribution < -0.4 is 5.32 Å². The number of rotatable bonds is 4. The molecule has 1 saturated carbocycles. The lowest BCUT2D eigenvalue weighted by molar-refractivity contribution is -0.120. The number of hydrogen-bond donors (Lipinski definition) is 2. The van der Waals surface area contributed by atoms with Crippen LogP contribution in [0.5, 0.6) is 0 Å². The second kappa shape index (κ2) is 5.74. The monoisotopic (exact) mass is 261 g/mol. The van der Waals surface area contributed by atoms with Crippen LogP contribution in [0.2, 0.25) is 0 Å². The first kappa shape index (κ1) is 14.1. The normalized spacial score (nSPS) is 17.7. The fraction of sp³-hybridized carbons (Fsp3) is 0.562. The van der Waals surface area contributed by atoms with Crippen molar-refractivity contribution >= 4 is 11.6 Å². The molecule has 104 valence electrons. The van der Waals surface area contributed by atoms with Crippen molar-refractivity contribution in [2.45, 2.75) is 57.5 Å². The number of carbonyl (C=O) groups is 1. The number of amides is 1. The van der Waals surface area contributed by atoms with Crippen LogP contribution >= 0.6 is 0 Å². The summed E-state index contributed by atoms with van der Waals surface area (Å²) in [6.07, 6.45) is 3.73. The minimum absolute atomic E-state index is 0.0957. The highest BCUT2D eigenvalue weighted by Gasteiger charge is 2.33. The van der Waals surface area contributed by atoms with Crippen LogP contribution in [-0.4, -0.2) is 16.6 Å². The average Bonchev–Trinajstić information content (AvgIpc) is 2.76. The quantitative estimate of drug-likeness (QED) is 0.872. The Hall–Kier alpha value is -1.35. The molecule has 0 bridgehead atoms. The molecule has 1 aliphatic rings. The first-order valence-corrected chi connectivity index (χ1v) is 7.11. The van der Waals surface area contributed by atoms with E-state index in [0.717, 1.165) is 31.4 Å². The van der Waals surface area contributed by atoms with Crippen molar-refractivity contribution in [1.82, 2.24) is 0 Å². The van der Waals surface area contributed by atoms with Gasteiger partial charge in [-0.2, -0.15) is 0 Å². The molecule has 2 rings (SSSR count). The lowest BCUT2D eigenvalue weighted by Crippen LogP contribution is -2.30. The molecule has 0 atom stereocenters. The Morgan fingerprint density at radius 3 is 2.37 bits per heavy atom. The van der Waals surface area contributed by atoms with Crippen LogP contribution in [0, 0.1) is 0 Å². The van der Waals surface area contributed by atoms with E-state index in [0.29, 0.717) is 5.92 Å². The van der Waals surface area contributed by atoms with Crippen molar-refractivity contribution in [3.05, 3.63) is 29.8 Å². The molecule has 0 spiro atoms. The topological polar surface area (TPSA) is 49.3 Å². The van der Waals surface area contributed by atoms with Crippen molar-refractivity contribution in [2.75, 3.05) is 5.32 Å². The molecule has 1 aromatic carbocycles. The van der Waals surface area contributed by atoms with Gasteiger partial charge in [-0.05, 0) is 36.5 Å². The van der Waals surface area contributed by atoms with E-state index in [9.17, 15) is 9.90 Å². The summed E-state index contributed by atoms with van der Waals surface area (Å²) < 4.78 is 0. The summed E-state index contributed by atoms with van der Waals surface area (Å²) in [5, 5.41) is 13.1. The zero-order valence-electron chi connectivity index (χ0n) is 11.8. The lowest BCUT2D eigenvalue weighted by Gasteiger charge is -2.21. The molecule has 1 amide bonds. The van der Waals surface area contributed by atoms with Crippen molar-refractivity contribution in [1.29, 1.82) is 0 Å². The molecule has 19 heavy (non-hydrogen) atoms. The van der Waals surface area contributed by atoms with Crippen LogP contribution in [0.4, 0.5) is 5.69 Å². The smallest absolute Gasteiger partial charge is 0.227 e. The van der Waals surface area contributed by atoms with Crippen molar-refractivity contribution in [2.24, 2.45) is 0 Å². The summed E-state index contributed by atoms with van der Waals surface area (Å²) in [6, 6.07) is 7.91. The van der Waals surface area contributed by atoms with E-state index in [1.165, 1.54) is 5.56 Å². The molecule has 0 radical (unpaired) electrons. The van der Waals surface area contributed by atoms with Crippen LogP contribution in [-0.2, 0) is 4.79 Å². The van der Waals surface area contributed by atoms with Gasteiger partial charge in [0.2, 0.25) is 5.91 Å². The molecule has 0 saturated heterocycles. The third-order valence-corrected chi connectivity index (χ3v) is 3.88. The highest BCUT2D eigenvalue weighted by molar-refractivity contribution is 5.91. The molecule has 3 nitrogen and oxygen atoms in total. The summed E-state index contributed by atoms with van der Waals surface area (Å²) in [7, 11) is 0. The van der Waals surface area contributed by atoms with Gasteiger partial charge in [0.15, 0.2) is 0 Å². The standard InChI is InChI=1S/C16H23NO2/c1-12(2)13-5-7-14(8-6-13)17-15(18)11-16(19)9-3-4-10-16/h5-8,12,19H,3-4,9-11H2,1-2H3,(H,17,18). The van der Waals surface area contributed by atoms with Gasteiger partial charge in [-0.15, -0.1) is 0 Å². The maximum Gasteiger partial charge on any atom is 0.227 e. The van der Waals surface area contributed by atoms with Crippen LogP contribution in [0.15, 0.2) is 24.3 Å². The van der Waals surface area contributed by atoms with Crippen molar-refractivity contribution < 1.29 is 9.90 Å². The number of carbonyl (C=O) groups excluding carboxylic acids is 1. The van der Waals surface area contributed by atoms with Gasteiger partial charge in [0.1, 0.15) is 0 Å². The van der Waals surface area contributed by atoms with Crippen molar-refractivity contribution in [3.8, 4) is 0 Å².